The summed E-state index contributed by atoms with van der Waals surface area (Å²) in [6, 6.07) is 0. The zero-order chi connectivity index (χ0) is 11.0. The second-order valence-electron chi connectivity index (χ2n) is 3.30. The van der Waals surface area contributed by atoms with Crippen LogP contribution in [0.15, 0.2) is 5.16 Å². The molecule has 0 heterocycles. The van der Waals surface area contributed by atoms with Gasteiger partial charge in [0.25, 0.3) is 0 Å². The van der Waals surface area contributed by atoms with E-state index in [1.807, 2.05) is 0 Å². The van der Waals surface area contributed by atoms with Gasteiger partial charge in [0.05, 0.1) is 6.54 Å². The Kier molecular flexibility index (Phi) is 6.53. The van der Waals surface area contributed by atoms with Crippen molar-refractivity contribution in [2.75, 3.05) is 13.6 Å². The van der Waals surface area contributed by atoms with Crippen molar-refractivity contribution in [3.63, 3.8) is 0 Å². The van der Waals surface area contributed by atoms with Crippen molar-refractivity contribution >= 4 is 11.7 Å². The van der Waals surface area contributed by atoms with Crippen molar-refractivity contribution in [1.82, 2.24) is 4.90 Å². The van der Waals surface area contributed by atoms with E-state index in [0.29, 0.717) is 6.42 Å². The number of rotatable bonds is 6. The molecule has 82 valence electrons. The van der Waals surface area contributed by atoms with Crippen LogP contribution in [-0.2, 0) is 4.79 Å². The summed E-state index contributed by atoms with van der Waals surface area (Å²) >= 11 is 0. The lowest BCUT2D eigenvalue weighted by molar-refractivity contribution is -0.129. The number of oxime groups is 1. The lowest BCUT2D eigenvalue weighted by atomic mass is 10.2. The van der Waals surface area contributed by atoms with Crippen molar-refractivity contribution in [3.05, 3.63) is 0 Å². The van der Waals surface area contributed by atoms with Gasteiger partial charge >= 0.3 is 0 Å². The van der Waals surface area contributed by atoms with Crippen LogP contribution in [0, 0.1) is 0 Å². The first-order chi connectivity index (χ1) is 6.61. The Morgan fingerprint density at radius 1 is 1.50 bits per heavy atom. The largest absolute Gasteiger partial charge is 0.409 e. The third kappa shape index (κ3) is 5.40. The second kappa shape index (κ2) is 7.17. The number of nitrogens with zero attached hydrogens (tertiary/aromatic N) is 2. The summed E-state index contributed by atoms with van der Waals surface area (Å²) < 4.78 is 0. The fourth-order valence-corrected chi connectivity index (χ4v) is 1.08. The molecule has 0 spiro atoms. The van der Waals surface area contributed by atoms with Crippen molar-refractivity contribution < 1.29 is 10.0 Å². The van der Waals surface area contributed by atoms with Gasteiger partial charge in [0.1, 0.15) is 0 Å². The van der Waals surface area contributed by atoms with Crippen LogP contribution < -0.4 is 5.73 Å². The normalized spacial score (nSPS) is 11.4. The molecule has 0 aliphatic carbocycles. The Hall–Kier alpha value is -1.26. The summed E-state index contributed by atoms with van der Waals surface area (Å²) in [6.45, 7) is 2.27. The van der Waals surface area contributed by atoms with Gasteiger partial charge < -0.3 is 15.8 Å². The van der Waals surface area contributed by atoms with E-state index in [9.17, 15) is 4.79 Å². The maximum absolute atomic E-state index is 11.4. The highest BCUT2D eigenvalue weighted by Gasteiger charge is 2.09. The Morgan fingerprint density at radius 2 is 2.14 bits per heavy atom. The van der Waals surface area contributed by atoms with Crippen molar-refractivity contribution in [3.8, 4) is 0 Å². The molecular formula is C9H19N3O2. The quantitative estimate of drug-likeness (QED) is 0.219. The molecule has 0 rings (SSSR count). The molecule has 0 unspecified atom stereocenters. The molecular weight excluding hydrogens is 182 g/mol. The zero-order valence-corrected chi connectivity index (χ0v) is 8.86. The van der Waals surface area contributed by atoms with E-state index >= 15 is 0 Å². The topological polar surface area (TPSA) is 78.9 Å². The van der Waals surface area contributed by atoms with E-state index in [0.717, 1.165) is 19.3 Å². The van der Waals surface area contributed by atoms with Gasteiger partial charge in [-0.05, 0) is 6.42 Å². The van der Waals surface area contributed by atoms with Crippen LogP contribution in [0.1, 0.15) is 32.6 Å². The lowest BCUT2D eigenvalue weighted by Gasteiger charge is -2.15. The third-order valence-corrected chi connectivity index (χ3v) is 1.95. The monoisotopic (exact) mass is 201 g/mol. The number of hydrogen-bond acceptors (Lipinski definition) is 3. The number of amidine groups is 1. The minimum atomic E-state index is 0.0325. The third-order valence-electron chi connectivity index (χ3n) is 1.95. The molecule has 0 aliphatic heterocycles. The van der Waals surface area contributed by atoms with Gasteiger partial charge in [-0.25, -0.2) is 0 Å². The molecule has 3 N–H and O–H groups in total. The van der Waals surface area contributed by atoms with Gasteiger partial charge in [-0.15, -0.1) is 0 Å². The predicted octanol–water partition coefficient (Wildman–Crippen LogP) is 0.772. The molecule has 5 nitrogen and oxygen atoms in total. The van der Waals surface area contributed by atoms with Crippen LogP contribution in [0.25, 0.3) is 0 Å². The molecule has 0 saturated carbocycles. The molecule has 0 aromatic heterocycles. The maximum Gasteiger partial charge on any atom is 0.222 e. The average molecular weight is 201 g/mol. The second-order valence-corrected chi connectivity index (χ2v) is 3.30. The van der Waals surface area contributed by atoms with Gasteiger partial charge in [-0.3, -0.25) is 4.79 Å². The van der Waals surface area contributed by atoms with Gasteiger partial charge in [-0.1, -0.05) is 24.9 Å². The van der Waals surface area contributed by atoms with Crippen molar-refractivity contribution in [2.24, 2.45) is 10.9 Å². The molecule has 0 saturated heterocycles. The standard InChI is InChI=1S/C9H19N3O2/c1-3-4-5-6-9(13)12(2)7-8(10)11-14/h14H,3-7H2,1-2H3,(H2,10,11). The van der Waals surface area contributed by atoms with E-state index in [-0.39, 0.29) is 18.3 Å². The van der Waals surface area contributed by atoms with Gasteiger partial charge in [0, 0.05) is 13.5 Å². The summed E-state index contributed by atoms with van der Waals surface area (Å²) in [5.74, 6) is 0.0846. The molecule has 0 aromatic carbocycles. The number of unbranched alkanes of at least 4 members (excludes halogenated alkanes) is 2. The molecule has 0 fully saturated rings. The zero-order valence-electron chi connectivity index (χ0n) is 8.86. The fraction of sp³-hybridized carbons (Fsp3) is 0.778. The average Bonchev–Trinajstić information content (AvgIpc) is 2.17. The van der Waals surface area contributed by atoms with Gasteiger partial charge in [-0.2, -0.15) is 0 Å². The molecule has 1 amide bonds. The number of likely N-dealkylation sites (N-methyl/N-ethyl adjacent to an activating group) is 1. The molecule has 5 heteroatoms. The van der Waals surface area contributed by atoms with E-state index < -0.39 is 0 Å². The van der Waals surface area contributed by atoms with Crippen LogP contribution in [0.4, 0.5) is 0 Å². The minimum absolute atomic E-state index is 0.0325. The van der Waals surface area contributed by atoms with Crippen molar-refractivity contribution in [1.29, 1.82) is 0 Å². The molecule has 0 radical (unpaired) electrons. The molecule has 14 heavy (non-hydrogen) atoms. The number of nitrogens with two attached hydrogens (primary N) is 1. The van der Waals surface area contributed by atoms with Gasteiger partial charge in [0.2, 0.25) is 5.91 Å². The summed E-state index contributed by atoms with van der Waals surface area (Å²) in [5.41, 5.74) is 5.27. The smallest absolute Gasteiger partial charge is 0.222 e. The van der Waals surface area contributed by atoms with Crippen molar-refractivity contribution in [2.45, 2.75) is 32.6 Å². The maximum atomic E-state index is 11.4. The van der Waals surface area contributed by atoms with E-state index in [1.54, 1.807) is 7.05 Å². The van der Waals surface area contributed by atoms with E-state index in [4.69, 9.17) is 10.9 Å². The number of carbonyl (C=O) groups excluding carboxylic acids is 1. The SMILES string of the molecule is CCCCCC(=O)N(C)CC(N)=NO. The molecule has 0 bridgehead atoms. The Labute approximate surface area is 84.6 Å². The van der Waals surface area contributed by atoms with Crippen LogP contribution in [0.3, 0.4) is 0 Å². The first-order valence-corrected chi connectivity index (χ1v) is 4.82. The molecule has 0 aromatic rings. The molecule has 0 aliphatic rings. The minimum Gasteiger partial charge on any atom is -0.409 e. The van der Waals surface area contributed by atoms with E-state index in [1.165, 1.54) is 4.90 Å². The first kappa shape index (κ1) is 12.7. The van der Waals surface area contributed by atoms with Gasteiger partial charge in [0.15, 0.2) is 5.84 Å². The highest BCUT2D eigenvalue weighted by atomic mass is 16.4. The summed E-state index contributed by atoms with van der Waals surface area (Å²) in [6.07, 6.45) is 3.58. The molecule has 0 atom stereocenters. The fourth-order valence-electron chi connectivity index (χ4n) is 1.08. The summed E-state index contributed by atoms with van der Waals surface area (Å²) in [4.78, 5) is 12.9. The number of amides is 1. The Morgan fingerprint density at radius 3 is 2.64 bits per heavy atom. The van der Waals surface area contributed by atoms with Crippen LogP contribution >= 0.6 is 0 Å². The lowest BCUT2D eigenvalue weighted by Crippen LogP contribution is -2.35. The first-order valence-electron chi connectivity index (χ1n) is 4.82. The van der Waals surface area contributed by atoms with Crippen LogP contribution in [-0.4, -0.2) is 35.4 Å². The highest BCUT2D eigenvalue weighted by molar-refractivity contribution is 5.86. The number of hydrogen-bond donors (Lipinski definition) is 2. The summed E-state index contributed by atoms with van der Waals surface area (Å²) in [5, 5.41) is 11.1. The Balaban J connectivity index is 3.76. The Bertz CT molecular complexity index is 204. The number of carbonyl (C=O) groups is 1. The van der Waals surface area contributed by atoms with Crippen LogP contribution in [0.5, 0.6) is 0 Å². The van der Waals surface area contributed by atoms with Crippen LogP contribution in [0.2, 0.25) is 0 Å². The predicted molar refractivity (Wildman–Crippen MR) is 55.2 cm³/mol. The summed E-state index contributed by atoms with van der Waals surface area (Å²) in [7, 11) is 1.65. The van der Waals surface area contributed by atoms with E-state index in [2.05, 4.69) is 12.1 Å². The highest BCUT2D eigenvalue weighted by Crippen LogP contribution is 2.01.